The Bertz CT molecular complexity index is 804. The summed E-state index contributed by atoms with van der Waals surface area (Å²) in [7, 11) is 0. The number of hydrogen-bond donors (Lipinski definition) is 0. The van der Waals surface area contributed by atoms with Crippen LogP contribution in [0.1, 0.15) is 134 Å². The van der Waals surface area contributed by atoms with Gasteiger partial charge in [0.2, 0.25) is 5.91 Å². The van der Waals surface area contributed by atoms with Crippen molar-refractivity contribution >= 4 is 17.1 Å². The van der Waals surface area contributed by atoms with E-state index in [9.17, 15) is 4.79 Å². The number of allylic oxidation sites excluding steroid dienone is 4. The smallest absolute Gasteiger partial charge is 0.236 e. The molecule has 0 spiro atoms. The molecule has 2 heteroatoms. The van der Waals surface area contributed by atoms with Gasteiger partial charge in [-0.25, -0.2) is 0 Å². The molecule has 4 aliphatic rings. The van der Waals surface area contributed by atoms with Gasteiger partial charge in [-0.1, -0.05) is 65.5 Å². The molecule has 182 valence electrons. The molecule has 0 N–H and O–H groups in total. The van der Waals surface area contributed by atoms with Crippen LogP contribution in [0.2, 0.25) is 0 Å². The summed E-state index contributed by atoms with van der Waals surface area (Å²) in [6.45, 7) is 9.06. The van der Waals surface area contributed by atoms with E-state index < -0.39 is 0 Å². The van der Waals surface area contributed by atoms with Crippen molar-refractivity contribution in [2.24, 2.45) is 23.2 Å². The van der Waals surface area contributed by atoms with Crippen LogP contribution in [0.3, 0.4) is 0 Å². The van der Waals surface area contributed by atoms with Crippen molar-refractivity contribution in [1.29, 1.82) is 0 Å². The van der Waals surface area contributed by atoms with E-state index in [2.05, 4.69) is 56.8 Å². The van der Waals surface area contributed by atoms with Crippen LogP contribution in [0.15, 0.2) is 24.5 Å². The number of nitrogens with zero attached hydrogens (tertiary/aromatic N) is 1. The molecule has 1 aromatic heterocycles. The quantitative estimate of drug-likeness (QED) is 0.330. The molecule has 1 heterocycles. The monoisotopic (exact) mass is 449 g/mol. The van der Waals surface area contributed by atoms with E-state index in [4.69, 9.17) is 0 Å². The van der Waals surface area contributed by atoms with Crippen LogP contribution >= 0.6 is 0 Å². The molecule has 0 radical (unpaired) electrons. The number of carbonyl (C=O) groups excluding carboxylic acids is 1. The summed E-state index contributed by atoms with van der Waals surface area (Å²) in [6, 6.07) is 0. The average molecular weight is 450 g/mol. The topological polar surface area (TPSA) is 22.0 Å². The first-order valence-electron chi connectivity index (χ1n) is 14.2. The van der Waals surface area contributed by atoms with Crippen molar-refractivity contribution in [3.05, 3.63) is 35.7 Å². The molecule has 5 rings (SSSR count). The zero-order valence-corrected chi connectivity index (χ0v) is 21.8. The summed E-state index contributed by atoms with van der Waals surface area (Å²) in [5.41, 5.74) is 5.48. The summed E-state index contributed by atoms with van der Waals surface area (Å²) in [5, 5.41) is 0. The molecule has 0 atom stereocenters. The third-order valence-electron chi connectivity index (χ3n) is 8.64. The average Bonchev–Trinajstić information content (AvgIpc) is 3.23. The SMILES string of the molecule is CCC/C=C(\CCC)c1cn(C(=O)C23CC4CC(CC(C4)C2)C3)cc1/C(=C/CCC)CCC. The fourth-order valence-corrected chi connectivity index (χ4v) is 7.60. The molecule has 2 nitrogen and oxygen atoms in total. The lowest BCUT2D eigenvalue weighted by molar-refractivity contribution is -0.0400. The molecule has 0 saturated heterocycles. The van der Waals surface area contributed by atoms with Gasteiger partial charge in [-0.3, -0.25) is 9.36 Å². The Labute approximate surface area is 202 Å². The minimum atomic E-state index is -0.0849. The number of aromatic nitrogens is 1. The highest BCUT2D eigenvalue weighted by atomic mass is 16.2. The van der Waals surface area contributed by atoms with E-state index in [0.717, 1.165) is 75.5 Å². The maximum Gasteiger partial charge on any atom is 0.236 e. The van der Waals surface area contributed by atoms with Gasteiger partial charge in [-0.15, -0.1) is 0 Å². The van der Waals surface area contributed by atoms with Crippen molar-refractivity contribution in [2.75, 3.05) is 0 Å². The molecule has 33 heavy (non-hydrogen) atoms. The predicted molar refractivity (Wildman–Crippen MR) is 141 cm³/mol. The van der Waals surface area contributed by atoms with Crippen LogP contribution < -0.4 is 0 Å². The van der Waals surface area contributed by atoms with Crippen LogP contribution in [0.5, 0.6) is 0 Å². The summed E-state index contributed by atoms with van der Waals surface area (Å²) < 4.78 is 2.06. The van der Waals surface area contributed by atoms with Crippen LogP contribution in [-0.4, -0.2) is 10.5 Å². The van der Waals surface area contributed by atoms with Crippen molar-refractivity contribution in [3.63, 3.8) is 0 Å². The second-order valence-corrected chi connectivity index (χ2v) is 11.5. The second-order valence-electron chi connectivity index (χ2n) is 11.5. The van der Waals surface area contributed by atoms with Gasteiger partial charge in [0, 0.05) is 23.5 Å². The van der Waals surface area contributed by atoms with Crippen LogP contribution in [0.25, 0.3) is 11.1 Å². The maximum absolute atomic E-state index is 14.2. The van der Waals surface area contributed by atoms with Gasteiger partial charge in [0.25, 0.3) is 0 Å². The first-order valence-corrected chi connectivity index (χ1v) is 14.2. The van der Waals surface area contributed by atoms with Gasteiger partial charge in [0.05, 0.1) is 5.41 Å². The van der Waals surface area contributed by atoms with Crippen LogP contribution in [0.4, 0.5) is 0 Å². The maximum atomic E-state index is 14.2. The number of unbranched alkanes of at least 4 members (excludes halogenated alkanes) is 2. The van der Waals surface area contributed by atoms with Gasteiger partial charge in [0.15, 0.2) is 0 Å². The second kappa shape index (κ2) is 10.8. The highest BCUT2D eigenvalue weighted by Gasteiger charge is 2.55. The summed E-state index contributed by atoms with van der Waals surface area (Å²) in [6.07, 6.45) is 26.0. The molecule has 0 aromatic carbocycles. The first-order chi connectivity index (χ1) is 16.0. The third-order valence-corrected chi connectivity index (χ3v) is 8.64. The molecule has 0 unspecified atom stereocenters. The fraction of sp³-hybridized carbons (Fsp3) is 0.710. The highest BCUT2D eigenvalue weighted by Crippen LogP contribution is 2.60. The van der Waals surface area contributed by atoms with Gasteiger partial charge in [-0.2, -0.15) is 0 Å². The number of carbonyl (C=O) groups is 1. The van der Waals surface area contributed by atoms with E-state index in [1.54, 1.807) is 0 Å². The van der Waals surface area contributed by atoms with Crippen molar-refractivity contribution in [2.45, 2.75) is 118 Å². The Kier molecular flexibility index (Phi) is 8.03. The summed E-state index contributed by atoms with van der Waals surface area (Å²) in [5.74, 6) is 2.81. The van der Waals surface area contributed by atoms with Crippen LogP contribution in [-0.2, 0) is 0 Å². The van der Waals surface area contributed by atoms with E-state index in [-0.39, 0.29) is 5.41 Å². The third kappa shape index (κ3) is 5.10. The van der Waals surface area contributed by atoms with E-state index >= 15 is 0 Å². The van der Waals surface area contributed by atoms with Crippen molar-refractivity contribution in [3.8, 4) is 0 Å². The van der Waals surface area contributed by atoms with Gasteiger partial charge in [-0.05, 0) is 93.1 Å². The van der Waals surface area contributed by atoms with E-state index in [1.807, 2.05) is 0 Å². The minimum Gasteiger partial charge on any atom is -0.293 e. The summed E-state index contributed by atoms with van der Waals surface area (Å²) >= 11 is 0. The molecular formula is C31H47NO. The summed E-state index contributed by atoms with van der Waals surface area (Å²) in [4.78, 5) is 14.2. The molecule has 4 bridgehead atoms. The first kappa shape index (κ1) is 24.6. The van der Waals surface area contributed by atoms with E-state index in [1.165, 1.54) is 54.4 Å². The van der Waals surface area contributed by atoms with Gasteiger partial charge < -0.3 is 0 Å². The molecule has 4 saturated carbocycles. The zero-order chi connectivity index (χ0) is 23.4. The number of rotatable bonds is 11. The largest absolute Gasteiger partial charge is 0.293 e. The molecule has 1 aromatic rings. The molecule has 0 aliphatic heterocycles. The molecular weight excluding hydrogens is 402 g/mol. The Morgan fingerprint density at radius 2 is 1.21 bits per heavy atom. The Morgan fingerprint density at radius 1 is 0.788 bits per heavy atom. The lowest BCUT2D eigenvalue weighted by atomic mass is 9.49. The van der Waals surface area contributed by atoms with Crippen molar-refractivity contribution < 1.29 is 4.79 Å². The highest BCUT2D eigenvalue weighted by molar-refractivity contribution is 5.89. The molecule has 4 fully saturated rings. The normalized spacial score (nSPS) is 29.2. The lowest BCUT2D eigenvalue weighted by Crippen LogP contribution is -2.51. The predicted octanol–water partition coefficient (Wildman–Crippen LogP) is 9.31. The zero-order valence-electron chi connectivity index (χ0n) is 21.8. The lowest BCUT2D eigenvalue weighted by Gasteiger charge is -2.55. The van der Waals surface area contributed by atoms with E-state index in [0.29, 0.717) is 5.91 Å². The Hall–Kier alpha value is -1.57. The fourth-order valence-electron chi connectivity index (χ4n) is 7.60. The van der Waals surface area contributed by atoms with Crippen LogP contribution in [0, 0.1) is 23.2 Å². The molecule has 4 aliphatic carbocycles. The Balaban J connectivity index is 1.74. The Morgan fingerprint density at radius 3 is 1.58 bits per heavy atom. The van der Waals surface area contributed by atoms with Gasteiger partial charge in [0.1, 0.15) is 0 Å². The standard InChI is InChI=1S/C31H47NO/c1-5-9-13-26(11-7-3)28-21-32(22-29(28)27(12-8-4)14-10-6-2)30(33)31-18-23-15-24(19-31)17-25(16-23)20-31/h13-14,21-25H,5-12,15-20H2,1-4H3/b26-13+,27-14+. The van der Waals surface area contributed by atoms with Gasteiger partial charge >= 0.3 is 0 Å². The minimum absolute atomic E-state index is 0.0849. The molecule has 0 amide bonds. The van der Waals surface area contributed by atoms with Crippen molar-refractivity contribution in [1.82, 2.24) is 4.57 Å². The number of hydrogen-bond acceptors (Lipinski definition) is 1.